The highest BCUT2D eigenvalue weighted by molar-refractivity contribution is 5.78. The number of hydrogen-bond acceptors (Lipinski definition) is 3. The predicted octanol–water partition coefficient (Wildman–Crippen LogP) is 2.81. The number of carbonyl (C=O) groups excluding carboxylic acids is 2. The topological polar surface area (TPSA) is 49.9 Å². The number of rotatable bonds is 4. The number of benzene rings is 1. The fourth-order valence-electron chi connectivity index (χ4n) is 4.68. The summed E-state index contributed by atoms with van der Waals surface area (Å²) in [5.41, 5.74) is 1.28. The van der Waals surface area contributed by atoms with Crippen molar-refractivity contribution in [3.8, 4) is 0 Å². The second kappa shape index (κ2) is 8.67. The largest absolute Gasteiger partial charge is 0.384 e. The number of hydrogen-bond donors (Lipinski definition) is 0. The van der Waals surface area contributed by atoms with Gasteiger partial charge in [-0.2, -0.15) is 0 Å². The van der Waals surface area contributed by atoms with Gasteiger partial charge in [-0.25, -0.2) is 0 Å². The number of amides is 2. The summed E-state index contributed by atoms with van der Waals surface area (Å²) in [5, 5.41) is 0. The van der Waals surface area contributed by atoms with E-state index in [4.69, 9.17) is 4.74 Å². The van der Waals surface area contributed by atoms with E-state index in [1.165, 1.54) is 5.56 Å². The highest BCUT2D eigenvalue weighted by atomic mass is 16.5. The number of piperidine rings is 1. The SMILES string of the molecule is COCCC(=O)N1CCCC[C@@H]2[C@H]1[C@@H](c1ccccc1)CCN2C(C)=O. The quantitative estimate of drug-likeness (QED) is 0.832. The van der Waals surface area contributed by atoms with Crippen LogP contribution in [0.3, 0.4) is 0 Å². The van der Waals surface area contributed by atoms with Crippen molar-refractivity contribution in [2.75, 3.05) is 26.8 Å². The molecule has 0 radical (unpaired) electrons. The van der Waals surface area contributed by atoms with E-state index in [2.05, 4.69) is 29.2 Å². The first-order valence-electron chi connectivity index (χ1n) is 9.74. The van der Waals surface area contributed by atoms with Crippen molar-refractivity contribution in [1.29, 1.82) is 0 Å². The van der Waals surface area contributed by atoms with Crippen LogP contribution in [0.2, 0.25) is 0 Å². The number of carbonyl (C=O) groups is 2. The second-order valence-corrected chi connectivity index (χ2v) is 7.40. The number of methoxy groups -OCH3 is 1. The van der Waals surface area contributed by atoms with Crippen molar-refractivity contribution in [2.24, 2.45) is 0 Å². The molecule has 2 fully saturated rings. The molecule has 2 aliphatic heterocycles. The smallest absolute Gasteiger partial charge is 0.225 e. The molecule has 0 unspecified atom stereocenters. The zero-order valence-electron chi connectivity index (χ0n) is 15.9. The van der Waals surface area contributed by atoms with Gasteiger partial charge in [0.05, 0.1) is 25.1 Å². The summed E-state index contributed by atoms with van der Waals surface area (Å²) in [6.45, 7) is 3.65. The minimum atomic E-state index is 0.0573. The van der Waals surface area contributed by atoms with Crippen molar-refractivity contribution in [3.63, 3.8) is 0 Å². The first kappa shape index (κ1) is 18.9. The Hall–Kier alpha value is -1.88. The normalized spacial score (nSPS) is 26.2. The summed E-state index contributed by atoms with van der Waals surface area (Å²) in [5.74, 6) is 0.550. The number of fused-ring (bicyclic) bond motifs is 1. The molecule has 2 heterocycles. The van der Waals surface area contributed by atoms with Crippen LogP contribution in [0.25, 0.3) is 0 Å². The molecule has 5 heteroatoms. The zero-order valence-corrected chi connectivity index (χ0v) is 15.9. The van der Waals surface area contributed by atoms with Crippen molar-refractivity contribution < 1.29 is 14.3 Å². The molecule has 0 spiro atoms. The Morgan fingerprint density at radius 3 is 2.54 bits per heavy atom. The summed E-state index contributed by atoms with van der Waals surface area (Å²) >= 11 is 0. The summed E-state index contributed by atoms with van der Waals surface area (Å²) in [6.07, 6.45) is 4.33. The van der Waals surface area contributed by atoms with Crippen LogP contribution in [-0.4, -0.2) is 60.5 Å². The third-order valence-corrected chi connectivity index (χ3v) is 5.87. The number of likely N-dealkylation sites (tertiary alicyclic amines) is 2. The Morgan fingerprint density at radius 1 is 1.08 bits per heavy atom. The molecule has 2 aliphatic rings. The predicted molar refractivity (Wildman–Crippen MR) is 101 cm³/mol. The van der Waals surface area contributed by atoms with Crippen molar-refractivity contribution >= 4 is 11.8 Å². The molecule has 5 nitrogen and oxygen atoms in total. The first-order chi connectivity index (χ1) is 12.6. The Morgan fingerprint density at radius 2 is 1.85 bits per heavy atom. The molecule has 0 aromatic heterocycles. The molecular formula is C21H30N2O3. The maximum atomic E-state index is 13.0. The Kier molecular flexibility index (Phi) is 6.30. The highest BCUT2D eigenvalue weighted by Crippen LogP contribution is 2.39. The van der Waals surface area contributed by atoms with E-state index in [9.17, 15) is 9.59 Å². The van der Waals surface area contributed by atoms with Gasteiger partial charge >= 0.3 is 0 Å². The van der Waals surface area contributed by atoms with E-state index in [-0.39, 0.29) is 29.8 Å². The summed E-state index contributed by atoms with van der Waals surface area (Å²) in [7, 11) is 1.63. The van der Waals surface area contributed by atoms with E-state index in [1.807, 2.05) is 11.0 Å². The lowest BCUT2D eigenvalue weighted by Gasteiger charge is -2.49. The number of ether oxygens (including phenoxy) is 1. The van der Waals surface area contributed by atoms with Crippen LogP contribution < -0.4 is 0 Å². The van der Waals surface area contributed by atoms with Gasteiger partial charge in [0.2, 0.25) is 11.8 Å². The van der Waals surface area contributed by atoms with Crippen LogP contribution in [0.1, 0.15) is 50.5 Å². The third kappa shape index (κ3) is 3.93. The second-order valence-electron chi connectivity index (χ2n) is 7.40. The van der Waals surface area contributed by atoms with Crippen LogP contribution in [0.15, 0.2) is 30.3 Å². The Bertz CT molecular complexity index is 619. The average Bonchev–Trinajstić information content (AvgIpc) is 2.89. The summed E-state index contributed by atoms with van der Waals surface area (Å²) in [6, 6.07) is 10.6. The lowest BCUT2D eigenvalue weighted by Crippen LogP contribution is -2.60. The van der Waals surface area contributed by atoms with Crippen LogP contribution in [0.4, 0.5) is 0 Å². The molecule has 1 aromatic carbocycles. The summed E-state index contributed by atoms with van der Waals surface area (Å²) in [4.78, 5) is 29.3. The molecule has 2 saturated heterocycles. The lowest BCUT2D eigenvalue weighted by atomic mass is 9.78. The molecule has 0 saturated carbocycles. The molecule has 0 N–H and O–H groups in total. The molecule has 3 rings (SSSR count). The van der Waals surface area contributed by atoms with Gasteiger partial charge in [0.1, 0.15) is 0 Å². The molecular weight excluding hydrogens is 328 g/mol. The lowest BCUT2D eigenvalue weighted by molar-refractivity contribution is -0.143. The molecule has 26 heavy (non-hydrogen) atoms. The fraction of sp³-hybridized carbons (Fsp3) is 0.619. The highest BCUT2D eigenvalue weighted by Gasteiger charge is 2.44. The van der Waals surface area contributed by atoms with Gasteiger partial charge in [0.25, 0.3) is 0 Å². The van der Waals surface area contributed by atoms with Crippen LogP contribution >= 0.6 is 0 Å². The number of nitrogens with zero attached hydrogens (tertiary/aromatic N) is 2. The van der Waals surface area contributed by atoms with Gasteiger partial charge in [0.15, 0.2) is 0 Å². The molecule has 0 aliphatic carbocycles. The summed E-state index contributed by atoms with van der Waals surface area (Å²) < 4.78 is 5.13. The van der Waals surface area contributed by atoms with E-state index < -0.39 is 0 Å². The van der Waals surface area contributed by atoms with Gasteiger partial charge in [-0.1, -0.05) is 30.3 Å². The van der Waals surface area contributed by atoms with Gasteiger partial charge in [-0.05, 0) is 31.2 Å². The van der Waals surface area contributed by atoms with Gasteiger partial charge in [-0.15, -0.1) is 0 Å². The standard InChI is InChI=1S/C21H30N2O3/c1-16(24)22-14-11-18(17-8-4-3-5-9-17)21-19(22)10-6-7-13-23(21)20(25)12-15-26-2/h3-5,8-9,18-19,21H,6-7,10-15H2,1-2H3/t18-,19-,21-/m1/s1. The van der Waals surface area contributed by atoms with E-state index in [0.717, 1.165) is 38.8 Å². The Balaban J connectivity index is 1.96. The van der Waals surface area contributed by atoms with E-state index in [1.54, 1.807) is 14.0 Å². The van der Waals surface area contributed by atoms with Crippen molar-refractivity contribution in [2.45, 2.75) is 57.0 Å². The fourth-order valence-corrected chi connectivity index (χ4v) is 4.68. The van der Waals surface area contributed by atoms with Crippen molar-refractivity contribution in [1.82, 2.24) is 9.80 Å². The maximum absolute atomic E-state index is 13.0. The molecule has 142 valence electrons. The van der Waals surface area contributed by atoms with Crippen LogP contribution in [0, 0.1) is 0 Å². The molecule has 3 atom stereocenters. The van der Waals surface area contributed by atoms with Crippen LogP contribution in [0.5, 0.6) is 0 Å². The first-order valence-corrected chi connectivity index (χ1v) is 9.74. The van der Waals surface area contributed by atoms with E-state index in [0.29, 0.717) is 13.0 Å². The molecule has 2 amide bonds. The van der Waals surface area contributed by atoms with Crippen molar-refractivity contribution in [3.05, 3.63) is 35.9 Å². The van der Waals surface area contributed by atoms with Gasteiger partial charge in [-0.3, -0.25) is 9.59 Å². The van der Waals surface area contributed by atoms with E-state index >= 15 is 0 Å². The molecule has 0 bridgehead atoms. The average molecular weight is 358 g/mol. The monoisotopic (exact) mass is 358 g/mol. The minimum absolute atomic E-state index is 0.0573. The van der Waals surface area contributed by atoms with Gasteiger partial charge in [0, 0.05) is 33.0 Å². The third-order valence-electron chi connectivity index (χ3n) is 5.87. The van der Waals surface area contributed by atoms with Crippen LogP contribution in [-0.2, 0) is 14.3 Å². The van der Waals surface area contributed by atoms with Gasteiger partial charge < -0.3 is 14.5 Å². The molecule has 1 aromatic rings. The minimum Gasteiger partial charge on any atom is -0.384 e. The Labute approximate surface area is 156 Å². The zero-order chi connectivity index (χ0) is 18.5. The maximum Gasteiger partial charge on any atom is 0.225 e.